The number of carbonyl (C=O) groups is 3. The molecule has 8 nitrogen and oxygen atoms in total. The summed E-state index contributed by atoms with van der Waals surface area (Å²) in [4.78, 5) is 42.4. The molecule has 3 rings (SSSR count). The third-order valence-electron chi connectivity index (χ3n) is 4.81. The van der Waals surface area contributed by atoms with E-state index >= 15 is 0 Å². The zero-order valence-corrected chi connectivity index (χ0v) is 16.4. The normalized spacial score (nSPS) is 16.5. The minimum Gasteiger partial charge on any atom is -0.460 e. The molecule has 1 fully saturated rings. The fourth-order valence-electron chi connectivity index (χ4n) is 3.24. The molecule has 0 aromatic carbocycles. The highest BCUT2D eigenvalue weighted by Gasteiger charge is 2.30. The first-order valence-corrected chi connectivity index (χ1v) is 9.78. The average Bonchev–Trinajstić information content (AvgIpc) is 3.21. The molecule has 2 aromatic rings. The fraction of sp³-hybridized carbons (Fsp3) is 0.429. The molecule has 0 spiro atoms. The number of pyridine rings is 1. The summed E-state index contributed by atoms with van der Waals surface area (Å²) < 4.78 is 10.3. The van der Waals surface area contributed by atoms with Gasteiger partial charge in [-0.3, -0.25) is 14.6 Å². The summed E-state index contributed by atoms with van der Waals surface area (Å²) in [5, 5.41) is 2.83. The van der Waals surface area contributed by atoms with Gasteiger partial charge in [-0.05, 0) is 37.6 Å². The van der Waals surface area contributed by atoms with E-state index in [4.69, 9.17) is 9.15 Å². The third kappa shape index (κ3) is 5.66. The van der Waals surface area contributed by atoms with Crippen molar-refractivity contribution < 1.29 is 23.5 Å². The monoisotopic (exact) mass is 399 g/mol. The lowest BCUT2D eigenvalue weighted by Gasteiger charge is -2.31. The van der Waals surface area contributed by atoms with Gasteiger partial charge in [0.05, 0.1) is 19.1 Å². The van der Waals surface area contributed by atoms with Crippen molar-refractivity contribution in [2.75, 3.05) is 19.7 Å². The van der Waals surface area contributed by atoms with Crippen molar-refractivity contribution in [1.82, 2.24) is 15.2 Å². The number of nitrogens with one attached hydrogen (secondary N) is 1. The Morgan fingerprint density at radius 1 is 1.31 bits per heavy atom. The van der Waals surface area contributed by atoms with Crippen molar-refractivity contribution in [3.8, 4) is 0 Å². The van der Waals surface area contributed by atoms with E-state index in [1.807, 2.05) is 18.2 Å². The van der Waals surface area contributed by atoms with Gasteiger partial charge in [-0.2, -0.15) is 0 Å². The first-order chi connectivity index (χ1) is 14.1. The van der Waals surface area contributed by atoms with Crippen LogP contribution in [-0.4, -0.2) is 47.4 Å². The summed E-state index contributed by atoms with van der Waals surface area (Å²) in [6.07, 6.45) is 3.26. The van der Waals surface area contributed by atoms with Crippen LogP contribution in [-0.2, 0) is 27.3 Å². The number of furan rings is 1. The lowest BCUT2D eigenvalue weighted by atomic mass is 9.96. The molecule has 0 radical (unpaired) electrons. The van der Waals surface area contributed by atoms with Crippen molar-refractivity contribution in [2.45, 2.75) is 32.7 Å². The minimum atomic E-state index is -0.528. The first-order valence-electron chi connectivity index (χ1n) is 9.78. The number of carbonyl (C=O) groups excluding carboxylic acids is 3. The van der Waals surface area contributed by atoms with E-state index in [1.165, 1.54) is 6.07 Å². The molecule has 0 bridgehead atoms. The maximum atomic E-state index is 12.5. The Balaban J connectivity index is 1.49. The van der Waals surface area contributed by atoms with Crippen LogP contribution in [0.1, 0.15) is 41.8 Å². The van der Waals surface area contributed by atoms with Crippen LogP contribution in [0.3, 0.4) is 0 Å². The van der Waals surface area contributed by atoms with Crippen LogP contribution < -0.4 is 5.32 Å². The Bertz CT molecular complexity index is 849. The highest BCUT2D eigenvalue weighted by molar-refractivity contribution is 5.86. The smallest absolute Gasteiger partial charge is 0.374 e. The predicted octanol–water partition coefficient (Wildman–Crippen LogP) is 1.95. The predicted molar refractivity (Wildman–Crippen MR) is 104 cm³/mol. The van der Waals surface area contributed by atoms with Crippen molar-refractivity contribution >= 4 is 17.8 Å². The van der Waals surface area contributed by atoms with E-state index in [2.05, 4.69) is 10.3 Å². The molecule has 8 heteroatoms. The van der Waals surface area contributed by atoms with Crippen molar-refractivity contribution in [3.63, 3.8) is 0 Å². The lowest BCUT2D eigenvalue weighted by molar-refractivity contribution is -0.138. The van der Waals surface area contributed by atoms with Crippen LogP contribution in [0, 0.1) is 5.92 Å². The molecule has 2 amide bonds. The number of rotatable bonds is 8. The molecule has 0 saturated carbocycles. The first kappa shape index (κ1) is 20.6. The Hall–Kier alpha value is -3.16. The van der Waals surface area contributed by atoms with Gasteiger partial charge < -0.3 is 19.4 Å². The standard InChI is InChI=1S/C21H25N3O5/c1-2-28-21(27)18-8-7-17(29-18)13-23-20(26)15-6-9-19(25)24(14-15)12-10-16-5-3-4-11-22-16/h3-5,7-8,11,15H,2,6,9-10,12-14H2,1H3,(H,23,26)/t15-/m1/s1. The molecule has 3 heterocycles. The second-order valence-electron chi connectivity index (χ2n) is 6.85. The number of ether oxygens (including phenoxy) is 1. The number of amides is 2. The number of likely N-dealkylation sites (tertiary alicyclic amines) is 1. The number of nitrogens with zero attached hydrogens (tertiary/aromatic N) is 2. The van der Waals surface area contributed by atoms with E-state index in [0.717, 1.165) is 5.69 Å². The van der Waals surface area contributed by atoms with Crippen molar-refractivity contribution in [3.05, 3.63) is 53.7 Å². The Labute approximate surface area is 169 Å². The van der Waals surface area contributed by atoms with Crippen molar-refractivity contribution in [1.29, 1.82) is 0 Å². The summed E-state index contributed by atoms with van der Waals surface area (Å²) in [5.74, 6) is -0.278. The van der Waals surface area contributed by atoms with Gasteiger partial charge in [-0.1, -0.05) is 6.07 Å². The average molecular weight is 399 g/mol. The van der Waals surface area contributed by atoms with Gasteiger partial charge in [0, 0.05) is 37.8 Å². The third-order valence-corrected chi connectivity index (χ3v) is 4.81. The van der Waals surface area contributed by atoms with E-state index in [0.29, 0.717) is 38.1 Å². The Kier molecular flexibility index (Phi) is 6.99. The van der Waals surface area contributed by atoms with Gasteiger partial charge in [-0.15, -0.1) is 0 Å². The van der Waals surface area contributed by atoms with Gasteiger partial charge >= 0.3 is 5.97 Å². The largest absolute Gasteiger partial charge is 0.460 e. The number of piperidine rings is 1. The van der Waals surface area contributed by atoms with E-state index in [-0.39, 0.29) is 36.6 Å². The second kappa shape index (κ2) is 9.86. The molecule has 1 N–H and O–H groups in total. The van der Waals surface area contributed by atoms with E-state index < -0.39 is 5.97 Å². The summed E-state index contributed by atoms with van der Waals surface area (Å²) >= 11 is 0. The SMILES string of the molecule is CCOC(=O)c1ccc(CNC(=O)[C@@H]2CCC(=O)N(CCc3ccccn3)C2)o1. The molecule has 154 valence electrons. The molecule has 0 aliphatic carbocycles. The highest BCUT2D eigenvalue weighted by atomic mass is 16.5. The van der Waals surface area contributed by atoms with E-state index in [1.54, 1.807) is 24.1 Å². The minimum absolute atomic E-state index is 0.0649. The van der Waals surface area contributed by atoms with Crippen LogP contribution in [0.5, 0.6) is 0 Å². The van der Waals surface area contributed by atoms with Crippen LogP contribution in [0.4, 0.5) is 0 Å². The fourth-order valence-corrected chi connectivity index (χ4v) is 3.24. The van der Waals surface area contributed by atoms with Gasteiger partial charge in [0.2, 0.25) is 17.6 Å². The summed E-state index contributed by atoms with van der Waals surface area (Å²) in [7, 11) is 0. The highest BCUT2D eigenvalue weighted by Crippen LogP contribution is 2.19. The molecular weight excluding hydrogens is 374 g/mol. The molecule has 2 aromatic heterocycles. The zero-order valence-electron chi connectivity index (χ0n) is 16.4. The molecule has 1 atom stereocenters. The second-order valence-corrected chi connectivity index (χ2v) is 6.85. The van der Waals surface area contributed by atoms with Gasteiger partial charge in [0.15, 0.2) is 0 Å². The zero-order chi connectivity index (χ0) is 20.6. The maximum absolute atomic E-state index is 12.5. The van der Waals surface area contributed by atoms with Gasteiger partial charge in [-0.25, -0.2) is 4.79 Å². The van der Waals surface area contributed by atoms with Crippen LogP contribution >= 0.6 is 0 Å². The van der Waals surface area contributed by atoms with Gasteiger partial charge in [0.1, 0.15) is 5.76 Å². The number of aromatic nitrogens is 1. The summed E-state index contributed by atoms with van der Waals surface area (Å²) in [6.45, 7) is 3.10. The Morgan fingerprint density at radius 3 is 2.93 bits per heavy atom. The molecule has 1 aliphatic rings. The van der Waals surface area contributed by atoms with Crippen LogP contribution in [0.25, 0.3) is 0 Å². The van der Waals surface area contributed by atoms with Crippen molar-refractivity contribution in [2.24, 2.45) is 5.92 Å². The van der Waals surface area contributed by atoms with Crippen LogP contribution in [0.2, 0.25) is 0 Å². The lowest BCUT2D eigenvalue weighted by Crippen LogP contribution is -2.46. The molecular formula is C21H25N3O5. The molecule has 1 aliphatic heterocycles. The number of esters is 1. The summed E-state index contributed by atoms with van der Waals surface area (Å²) in [5.41, 5.74) is 0.919. The molecule has 29 heavy (non-hydrogen) atoms. The molecule has 0 unspecified atom stereocenters. The topological polar surface area (TPSA) is 102 Å². The van der Waals surface area contributed by atoms with Gasteiger partial charge in [0.25, 0.3) is 0 Å². The Morgan fingerprint density at radius 2 is 2.17 bits per heavy atom. The number of hydrogen-bond donors (Lipinski definition) is 1. The quantitative estimate of drug-likeness (QED) is 0.681. The van der Waals surface area contributed by atoms with E-state index in [9.17, 15) is 14.4 Å². The molecule has 1 saturated heterocycles. The maximum Gasteiger partial charge on any atom is 0.374 e. The van der Waals surface area contributed by atoms with Crippen LogP contribution in [0.15, 0.2) is 40.9 Å². The number of hydrogen-bond acceptors (Lipinski definition) is 6. The summed E-state index contributed by atoms with van der Waals surface area (Å²) in [6, 6.07) is 8.85.